The zero-order valence-electron chi connectivity index (χ0n) is 13.7. The predicted molar refractivity (Wildman–Crippen MR) is 93.0 cm³/mol. The van der Waals surface area contributed by atoms with Crippen molar-refractivity contribution in [2.75, 3.05) is 32.8 Å². The monoisotopic (exact) mass is 311 g/mol. The third-order valence-electron chi connectivity index (χ3n) is 4.60. The molecule has 3 rings (SSSR count). The number of morpholine rings is 1. The van der Waals surface area contributed by atoms with Crippen molar-refractivity contribution >= 4 is 0 Å². The Hall–Kier alpha value is -1.84. The maximum absolute atomic E-state index is 10.4. The van der Waals surface area contributed by atoms with Gasteiger partial charge in [-0.3, -0.25) is 4.90 Å². The smallest absolute Gasteiger partial charge is 0.119 e. The first-order valence-corrected chi connectivity index (χ1v) is 8.38. The van der Waals surface area contributed by atoms with Crippen LogP contribution in [0.25, 0.3) is 0 Å². The van der Waals surface area contributed by atoms with Gasteiger partial charge < -0.3 is 9.84 Å². The fourth-order valence-electron chi connectivity index (χ4n) is 3.27. The molecule has 1 fully saturated rings. The Bertz CT molecular complexity index is 621. The lowest BCUT2D eigenvalue weighted by atomic mass is 9.87. The molecule has 0 amide bonds. The number of hydrogen-bond donors (Lipinski definition) is 1. The van der Waals surface area contributed by atoms with Crippen molar-refractivity contribution in [3.05, 3.63) is 65.2 Å². The minimum atomic E-state index is 0.222. The molecule has 0 aromatic heterocycles. The standard InChI is InChI=1S/C20H25NO2/c1-16-7-8-19(20(22)15-16)18(17-5-3-2-4-6-17)9-10-21-11-13-23-14-12-21/h2-8,15,18,22H,9-14H2,1H3. The molecule has 23 heavy (non-hydrogen) atoms. The fraction of sp³-hybridized carbons (Fsp3) is 0.400. The van der Waals surface area contributed by atoms with E-state index in [1.54, 1.807) is 0 Å². The van der Waals surface area contributed by atoms with E-state index in [1.807, 2.05) is 19.1 Å². The second-order valence-electron chi connectivity index (χ2n) is 6.27. The second-order valence-corrected chi connectivity index (χ2v) is 6.27. The van der Waals surface area contributed by atoms with Crippen molar-refractivity contribution in [1.29, 1.82) is 0 Å². The van der Waals surface area contributed by atoms with Gasteiger partial charge in [0.1, 0.15) is 5.75 Å². The third kappa shape index (κ3) is 4.12. The zero-order valence-corrected chi connectivity index (χ0v) is 13.7. The minimum absolute atomic E-state index is 0.222. The molecule has 1 aliphatic heterocycles. The molecule has 1 atom stereocenters. The van der Waals surface area contributed by atoms with Crippen LogP contribution < -0.4 is 0 Å². The lowest BCUT2D eigenvalue weighted by Gasteiger charge is -2.29. The number of benzene rings is 2. The molecule has 1 aliphatic rings. The number of ether oxygens (including phenoxy) is 1. The summed E-state index contributed by atoms with van der Waals surface area (Å²) < 4.78 is 5.43. The number of phenolic OH excluding ortho intramolecular Hbond substituents is 1. The average molecular weight is 311 g/mol. The maximum Gasteiger partial charge on any atom is 0.119 e. The van der Waals surface area contributed by atoms with Crippen LogP contribution in [0.3, 0.4) is 0 Å². The van der Waals surface area contributed by atoms with Crippen LogP contribution in [0.5, 0.6) is 5.75 Å². The Balaban J connectivity index is 1.81. The molecule has 2 aromatic rings. The highest BCUT2D eigenvalue weighted by molar-refractivity contribution is 5.43. The van der Waals surface area contributed by atoms with E-state index in [-0.39, 0.29) is 5.92 Å². The summed E-state index contributed by atoms with van der Waals surface area (Å²) in [6, 6.07) is 16.5. The van der Waals surface area contributed by atoms with Gasteiger partial charge in [0.2, 0.25) is 0 Å². The van der Waals surface area contributed by atoms with Gasteiger partial charge in [0.25, 0.3) is 0 Å². The molecule has 122 valence electrons. The molecule has 3 heteroatoms. The van der Waals surface area contributed by atoms with E-state index in [1.165, 1.54) is 5.56 Å². The molecule has 0 saturated carbocycles. The van der Waals surface area contributed by atoms with E-state index in [0.717, 1.165) is 50.4 Å². The molecule has 2 aromatic carbocycles. The Morgan fingerprint density at radius 1 is 1.09 bits per heavy atom. The van der Waals surface area contributed by atoms with Gasteiger partial charge >= 0.3 is 0 Å². The summed E-state index contributed by atoms with van der Waals surface area (Å²) in [7, 11) is 0. The Morgan fingerprint density at radius 3 is 2.52 bits per heavy atom. The molecule has 3 nitrogen and oxygen atoms in total. The molecule has 1 N–H and O–H groups in total. The first-order valence-electron chi connectivity index (χ1n) is 8.38. The predicted octanol–water partition coefficient (Wildman–Crippen LogP) is 3.55. The van der Waals surface area contributed by atoms with Gasteiger partial charge in [-0.05, 0) is 37.1 Å². The molecule has 1 saturated heterocycles. The normalized spacial score (nSPS) is 17.1. The van der Waals surface area contributed by atoms with Gasteiger partial charge in [-0.15, -0.1) is 0 Å². The Labute approximate surface area is 138 Å². The van der Waals surface area contributed by atoms with E-state index < -0.39 is 0 Å². The maximum atomic E-state index is 10.4. The quantitative estimate of drug-likeness (QED) is 0.916. The Morgan fingerprint density at radius 2 is 1.83 bits per heavy atom. The van der Waals surface area contributed by atoms with Gasteiger partial charge in [-0.1, -0.05) is 42.5 Å². The number of aromatic hydroxyl groups is 1. The topological polar surface area (TPSA) is 32.7 Å². The summed E-state index contributed by atoms with van der Waals surface area (Å²) in [5.74, 6) is 0.625. The van der Waals surface area contributed by atoms with Gasteiger partial charge in [-0.25, -0.2) is 0 Å². The molecule has 0 bridgehead atoms. The van der Waals surface area contributed by atoms with Gasteiger partial charge in [0, 0.05) is 24.6 Å². The summed E-state index contributed by atoms with van der Waals surface area (Å²) in [6.45, 7) is 6.69. The summed E-state index contributed by atoms with van der Waals surface area (Å²) in [4.78, 5) is 2.45. The molecule has 0 radical (unpaired) electrons. The lowest BCUT2D eigenvalue weighted by molar-refractivity contribution is 0.0369. The van der Waals surface area contributed by atoms with Gasteiger partial charge in [0.15, 0.2) is 0 Å². The molecule has 0 aliphatic carbocycles. The van der Waals surface area contributed by atoms with Crippen LogP contribution in [0.1, 0.15) is 29.0 Å². The van der Waals surface area contributed by atoms with Crippen LogP contribution >= 0.6 is 0 Å². The van der Waals surface area contributed by atoms with Crippen LogP contribution in [0.2, 0.25) is 0 Å². The molecular formula is C20H25NO2. The van der Waals surface area contributed by atoms with E-state index in [4.69, 9.17) is 4.74 Å². The summed E-state index contributed by atoms with van der Waals surface area (Å²) in [5.41, 5.74) is 3.38. The SMILES string of the molecule is Cc1ccc(C(CCN2CCOCC2)c2ccccc2)c(O)c1. The summed E-state index contributed by atoms with van der Waals surface area (Å²) in [5, 5.41) is 10.4. The van der Waals surface area contributed by atoms with E-state index in [2.05, 4.69) is 41.3 Å². The summed E-state index contributed by atoms with van der Waals surface area (Å²) in [6.07, 6.45) is 1.00. The Kier molecular flexibility index (Phi) is 5.31. The number of aryl methyl sites for hydroxylation is 1. The van der Waals surface area contributed by atoms with Crippen LogP contribution in [0.4, 0.5) is 0 Å². The van der Waals surface area contributed by atoms with Crippen molar-refractivity contribution < 1.29 is 9.84 Å². The van der Waals surface area contributed by atoms with Crippen molar-refractivity contribution in [3.63, 3.8) is 0 Å². The number of rotatable bonds is 5. The molecular weight excluding hydrogens is 286 g/mol. The highest BCUT2D eigenvalue weighted by atomic mass is 16.5. The zero-order chi connectivity index (χ0) is 16.1. The minimum Gasteiger partial charge on any atom is -0.508 e. The third-order valence-corrected chi connectivity index (χ3v) is 4.60. The number of phenols is 1. The van der Waals surface area contributed by atoms with Crippen LogP contribution in [-0.2, 0) is 4.74 Å². The van der Waals surface area contributed by atoms with Gasteiger partial charge in [-0.2, -0.15) is 0 Å². The van der Waals surface area contributed by atoms with E-state index in [0.29, 0.717) is 5.75 Å². The highest BCUT2D eigenvalue weighted by Crippen LogP contribution is 2.34. The van der Waals surface area contributed by atoms with Crippen LogP contribution in [-0.4, -0.2) is 42.9 Å². The first kappa shape index (κ1) is 16.0. The van der Waals surface area contributed by atoms with Crippen molar-refractivity contribution in [1.82, 2.24) is 4.90 Å². The molecule has 1 unspecified atom stereocenters. The average Bonchev–Trinajstić information content (AvgIpc) is 2.58. The van der Waals surface area contributed by atoms with Gasteiger partial charge in [0.05, 0.1) is 13.2 Å². The van der Waals surface area contributed by atoms with Crippen LogP contribution in [0, 0.1) is 6.92 Å². The number of hydrogen-bond acceptors (Lipinski definition) is 3. The number of nitrogens with zero attached hydrogens (tertiary/aromatic N) is 1. The highest BCUT2D eigenvalue weighted by Gasteiger charge is 2.19. The molecule has 1 heterocycles. The van der Waals surface area contributed by atoms with E-state index in [9.17, 15) is 5.11 Å². The van der Waals surface area contributed by atoms with Crippen molar-refractivity contribution in [3.8, 4) is 5.75 Å². The second kappa shape index (κ2) is 7.62. The van der Waals surface area contributed by atoms with Crippen molar-refractivity contribution in [2.24, 2.45) is 0 Å². The fourth-order valence-corrected chi connectivity index (χ4v) is 3.27. The van der Waals surface area contributed by atoms with Crippen molar-refractivity contribution in [2.45, 2.75) is 19.3 Å². The molecule has 0 spiro atoms. The van der Waals surface area contributed by atoms with Crippen LogP contribution in [0.15, 0.2) is 48.5 Å². The first-order chi connectivity index (χ1) is 11.2. The lowest BCUT2D eigenvalue weighted by Crippen LogP contribution is -2.37. The van der Waals surface area contributed by atoms with E-state index >= 15 is 0 Å². The largest absolute Gasteiger partial charge is 0.508 e. The summed E-state index contributed by atoms with van der Waals surface area (Å²) >= 11 is 0.